The molecule has 0 aliphatic carbocycles. The first-order valence-electron chi connectivity index (χ1n) is 2.40. The molecule has 0 spiro atoms. The number of hydrogen-bond acceptors (Lipinski definition) is 2. The van der Waals surface area contributed by atoms with Gasteiger partial charge >= 0.3 is 0 Å². The van der Waals surface area contributed by atoms with Crippen LogP contribution in [0.5, 0.6) is 0 Å². The highest BCUT2D eigenvalue weighted by Gasteiger charge is 2.32. The van der Waals surface area contributed by atoms with E-state index in [2.05, 4.69) is 15.9 Å². The van der Waals surface area contributed by atoms with Crippen LogP contribution in [0.25, 0.3) is 0 Å². The maximum absolute atomic E-state index is 10.1. The lowest BCUT2D eigenvalue weighted by Gasteiger charge is -2.09. The third-order valence-electron chi connectivity index (χ3n) is 0.931. The van der Waals surface area contributed by atoms with Gasteiger partial charge in [-0.05, 0) is 11.6 Å². The highest BCUT2D eigenvalue weighted by atomic mass is 79.9. The molecule has 0 rings (SSSR count). The fourth-order valence-corrected chi connectivity index (χ4v) is 1.36. The Morgan fingerprint density at radius 2 is 2.33 bits per heavy atom. The van der Waals surface area contributed by atoms with E-state index in [1.54, 1.807) is 0 Å². The van der Waals surface area contributed by atoms with Gasteiger partial charge in [0.25, 0.3) is 5.00 Å². The lowest BCUT2D eigenvalue weighted by atomic mass is 10.3. The number of rotatable bonds is 3. The van der Waals surface area contributed by atoms with Crippen LogP contribution in [0.1, 0.15) is 13.3 Å². The van der Waals surface area contributed by atoms with Crippen molar-refractivity contribution in [3.8, 4) is 0 Å². The molecule has 0 aliphatic rings. The number of halogens is 2. The Morgan fingerprint density at radius 3 is 2.44 bits per heavy atom. The fraction of sp³-hybridized carbons (Fsp3) is 1.00. The van der Waals surface area contributed by atoms with Crippen molar-refractivity contribution < 1.29 is 4.92 Å². The predicted octanol–water partition coefficient (Wildman–Crippen LogP) is 2.00. The summed E-state index contributed by atoms with van der Waals surface area (Å²) in [6, 6.07) is 0. The third-order valence-corrected chi connectivity index (χ3v) is 1.65. The van der Waals surface area contributed by atoms with E-state index < -0.39 is 9.92 Å². The maximum atomic E-state index is 10.1. The molecule has 0 N–H and O–H groups in total. The summed E-state index contributed by atoms with van der Waals surface area (Å²) in [4.78, 5) is 8.27. The van der Waals surface area contributed by atoms with Gasteiger partial charge in [-0.1, -0.05) is 15.9 Å². The summed E-state index contributed by atoms with van der Waals surface area (Å²) in [5.74, 6) is 0. The van der Waals surface area contributed by atoms with Crippen LogP contribution in [0.15, 0.2) is 0 Å². The highest BCUT2D eigenvalue weighted by Crippen LogP contribution is 2.19. The van der Waals surface area contributed by atoms with Gasteiger partial charge in [-0.15, -0.1) is 0 Å². The van der Waals surface area contributed by atoms with Crippen LogP contribution >= 0.6 is 27.5 Å². The van der Waals surface area contributed by atoms with Crippen molar-refractivity contribution in [1.29, 1.82) is 0 Å². The average molecular weight is 216 g/mol. The minimum absolute atomic E-state index is 0.335. The minimum atomic E-state index is -1.30. The van der Waals surface area contributed by atoms with Crippen LogP contribution in [-0.2, 0) is 0 Å². The maximum Gasteiger partial charge on any atom is 0.292 e. The topological polar surface area (TPSA) is 43.1 Å². The molecule has 0 heterocycles. The lowest BCUT2D eigenvalue weighted by Crippen LogP contribution is -2.27. The van der Waals surface area contributed by atoms with Crippen molar-refractivity contribution in [2.45, 2.75) is 18.3 Å². The lowest BCUT2D eigenvalue weighted by molar-refractivity contribution is -0.537. The van der Waals surface area contributed by atoms with E-state index >= 15 is 0 Å². The molecule has 0 amide bonds. The zero-order valence-corrected chi connectivity index (χ0v) is 7.28. The fourth-order valence-electron chi connectivity index (χ4n) is 0.264. The van der Waals surface area contributed by atoms with Crippen molar-refractivity contribution in [3.05, 3.63) is 10.1 Å². The van der Waals surface area contributed by atoms with Crippen molar-refractivity contribution in [1.82, 2.24) is 0 Å². The summed E-state index contributed by atoms with van der Waals surface area (Å²) in [5.41, 5.74) is 0. The van der Waals surface area contributed by atoms with E-state index in [0.717, 1.165) is 0 Å². The Labute approximate surface area is 66.7 Å². The van der Waals surface area contributed by atoms with Crippen molar-refractivity contribution in [3.63, 3.8) is 0 Å². The second-order valence-corrected chi connectivity index (χ2v) is 3.45. The SMILES string of the molecule is CC(Cl)(CCBr)[N+](=O)[O-]. The smallest absolute Gasteiger partial charge is 0.263 e. The quantitative estimate of drug-likeness (QED) is 0.313. The number of nitro groups is 1. The minimum Gasteiger partial charge on any atom is -0.263 e. The molecule has 0 fully saturated rings. The van der Waals surface area contributed by atoms with E-state index in [9.17, 15) is 10.1 Å². The van der Waals surface area contributed by atoms with Crippen LogP contribution < -0.4 is 0 Å². The number of hydrogen-bond donors (Lipinski definition) is 0. The summed E-state index contributed by atoms with van der Waals surface area (Å²) in [7, 11) is 0. The zero-order chi connectivity index (χ0) is 7.49. The van der Waals surface area contributed by atoms with Crippen LogP contribution in [0, 0.1) is 10.1 Å². The average Bonchev–Trinajstić information content (AvgIpc) is 1.65. The summed E-state index contributed by atoms with van der Waals surface area (Å²) in [6.07, 6.45) is 0.335. The molecular weight excluding hydrogens is 209 g/mol. The molecule has 5 heteroatoms. The van der Waals surface area contributed by atoms with Gasteiger partial charge in [0.2, 0.25) is 0 Å². The summed E-state index contributed by atoms with van der Waals surface area (Å²) < 4.78 is 0. The molecule has 3 nitrogen and oxygen atoms in total. The van der Waals surface area contributed by atoms with E-state index in [4.69, 9.17) is 11.6 Å². The largest absolute Gasteiger partial charge is 0.292 e. The first-order chi connectivity index (χ1) is 4.00. The van der Waals surface area contributed by atoms with Crippen molar-refractivity contribution in [2.75, 3.05) is 5.33 Å². The second kappa shape index (κ2) is 3.37. The monoisotopic (exact) mass is 215 g/mol. The van der Waals surface area contributed by atoms with E-state index in [0.29, 0.717) is 11.8 Å². The molecule has 0 bridgehead atoms. The Morgan fingerprint density at radius 1 is 1.89 bits per heavy atom. The first kappa shape index (κ1) is 9.17. The first-order valence-corrected chi connectivity index (χ1v) is 3.90. The Bertz CT molecular complexity index is 117. The van der Waals surface area contributed by atoms with Gasteiger partial charge in [0, 0.05) is 23.6 Å². The van der Waals surface area contributed by atoms with Gasteiger partial charge in [-0.25, -0.2) is 0 Å². The zero-order valence-electron chi connectivity index (χ0n) is 4.93. The Balaban J connectivity index is 3.85. The highest BCUT2D eigenvalue weighted by molar-refractivity contribution is 9.09. The molecule has 1 unspecified atom stereocenters. The molecule has 0 aromatic heterocycles. The number of nitrogens with zero attached hydrogens (tertiary/aromatic N) is 1. The molecule has 54 valence electrons. The van der Waals surface area contributed by atoms with Gasteiger partial charge in [-0.2, -0.15) is 0 Å². The van der Waals surface area contributed by atoms with Gasteiger partial charge in [0.15, 0.2) is 0 Å². The van der Waals surface area contributed by atoms with Crippen LogP contribution in [0.4, 0.5) is 0 Å². The third kappa shape index (κ3) is 3.01. The van der Waals surface area contributed by atoms with E-state index in [1.807, 2.05) is 0 Å². The molecular formula is C4H7BrClNO2. The Hall–Kier alpha value is 0.170. The number of alkyl halides is 2. The van der Waals surface area contributed by atoms with Gasteiger partial charge in [-0.3, -0.25) is 10.1 Å². The summed E-state index contributed by atoms with van der Waals surface area (Å²) >= 11 is 8.51. The van der Waals surface area contributed by atoms with Crippen LogP contribution in [0.3, 0.4) is 0 Å². The molecule has 0 saturated heterocycles. The molecule has 9 heavy (non-hydrogen) atoms. The van der Waals surface area contributed by atoms with E-state index in [-0.39, 0.29) is 0 Å². The van der Waals surface area contributed by atoms with Crippen LogP contribution in [-0.4, -0.2) is 15.3 Å². The van der Waals surface area contributed by atoms with Crippen LogP contribution in [0.2, 0.25) is 0 Å². The predicted molar refractivity (Wildman–Crippen MR) is 39.7 cm³/mol. The molecule has 0 saturated carbocycles. The van der Waals surface area contributed by atoms with Crippen molar-refractivity contribution >= 4 is 27.5 Å². The van der Waals surface area contributed by atoms with Gasteiger partial charge in [0.05, 0.1) is 0 Å². The molecule has 0 aliphatic heterocycles. The standard InChI is InChI=1S/C4H7BrClNO2/c1-4(6,2-3-5)7(8)9/h2-3H2,1H3. The van der Waals surface area contributed by atoms with Crippen molar-refractivity contribution in [2.24, 2.45) is 0 Å². The molecule has 0 radical (unpaired) electrons. The molecule has 1 atom stereocenters. The Kier molecular flexibility index (Phi) is 3.43. The summed E-state index contributed by atoms with van der Waals surface area (Å²) in [6.45, 7) is 1.38. The van der Waals surface area contributed by atoms with Gasteiger partial charge in [0.1, 0.15) is 0 Å². The normalized spacial score (nSPS) is 16.8. The van der Waals surface area contributed by atoms with Gasteiger partial charge < -0.3 is 0 Å². The second-order valence-electron chi connectivity index (χ2n) is 1.84. The molecule has 0 aromatic carbocycles. The van der Waals surface area contributed by atoms with E-state index in [1.165, 1.54) is 6.92 Å². The summed E-state index contributed by atoms with van der Waals surface area (Å²) in [5, 5.41) is 10.6. The molecule has 0 aromatic rings.